The van der Waals surface area contributed by atoms with Gasteiger partial charge in [-0.2, -0.15) is 0 Å². The molecule has 0 saturated carbocycles. The Balaban J connectivity index is 2.95. The SMILES string of the molecule is CNC(CN(C)C)c1cc(Cl)cnc1N. The van der Waals surface area contributed by atoms with Crippen LogP contribution in [0.2, 0.25) is 5.02 Å². The molecule has 1 aromatic heterocycles. The van der Waals surface area contributed by atoms with Crippen molar-refractivity contribution in [1.29, 1.82) is 0 Å². The second-order valence-corrected chi connectivity index (χ2v) is 4.17. The van der Waals surface area contributed by atoms with Crippen molar-refractivity contribution in [3.63, 3.8) is 0 Å². The first-order chi connectivity index (χ1) is 7.04. The number of nitrogen functional groups attached to an aromatic ring is 1. The van der Waals surface area contributed by atoms with Crippen LogP contribution >= 0.6 is 11.6 Å². The zero-order chi connectivity index (χ0) is 11.4. The lowest BCUT2D eigenvalue weighted by Gasteiger charge is -2.21. The van der Waals surface area contributed by atoms with Gasteiger partial charge in [-0.05, 0) is 27.2 Å². The van der Waals surface area contributed by atoms with Crippen LogP contribution in [0.25, 0.3) is 0 Å². The third kappa shape index (κ3) is 3.34. The van der Waals surface area contributed by atoms with E-state index in [0.717, 1.165) is 12.1 Å². The number of likely N-dealkylation sites (N-methyl/N-ethyl adjacent to an activating group) is 2. The lowest BCUT2D eigenvalue weighted by Crippen LogP contribution is -2.29. The zero-order valence-electron chi connectivity index (χ0n) is 9.29. The fourth-order valence-electron chi connectivity index (χ4n) is 1.45. The molecule has 3 N–H and O–H groups in total. The summed E-state index contributed by atoms with van der Waals surface area (Å²) in [5.41, 5.74) is 6.76. The first-order valence-electron chi connectivity index (χ1n) is 4.77. The van der Waals surface area contributed by atoms with Crippen LogP contribution in [0, 0.1) is 0 Å². The van der Waals surface area contributed by atoms with Crippen LogP contribution < -0.4 is 11.1 Å². The lowest BCUT2D eigenvalue weighted by atomic mass is 10.1. The Morgan fingerprint density at radius 2 is 2.27 bits per heavy atom. The van der Waals surface area contributed by atoms with Crippen molar-refractivity contribution in [1.82, 2.24) is 15.2 Å². The fourth-order valence-corrected chi connectivity index (χ4v) is 1.62. The molecule has 84 valence electrons. The number of halogens is 1. The molecule has 1 aromatic rings. The van der Waals surface area contributed by atoms with Gasteiger partial charge in [0.2, 0.25) is 0 Å². The van der Waals surface area contributed by atoms with Crippen LogP contribution in [0.1, 0.15) is 11.6 Å². The average molecular weight is 229 g/mol. The molecule has 0 aliphatic rings. The maximum atomic E-state index is 5.89. The van der Waals surface area contributed by atoms with E-state index < -0.39 is 0 Å². The summed E-state index contributed by atoms with van der Waals surface area (Å²) in [6, 6.07) is 2.00. The van der Waals surface area contributed by atoms with Crippen molar-refractivity contribution in [3.8, 4) is 0 Å². The summed E-state index contributed by atoms with van der Waals surface area (Å²) in [6.07, 6.45) is 1.56. The topological polar surface area (TPSA) is 54.2 Å². The van der Waals surface area contributed by atoms with E-state index in [9.17, 15) is 0 Å². The lowest BCUT2D eigenvalue weighted by molar-refractivity contribution is 0.353. The van der Waals surface area contributed by atoms with Gasteiger partial charge in [0.05, 0.1) is 5.02 Å². The highest BCUT2D eigenvalue weighted by Gasteiger charge is 2.14. The van der Waals surface area contributed by atoms with Crippen molar-refractivity contribution in [2.75, 3.05) is 33.4 Å². The van der Waals surface area contributed by atoms with Crippen molar-refractivity contribution >= 4 is 17.4 Å². The van der Waals surface area contributed by atoms with E-state index in [0.29, 0.717) is 10.8 Å². The molecule has 0 aromatic carbocycles. The average Bonchev–Trinajstić information content (AvgIpc) is 2.18. The molecule has 1 heterocycles. The molecular weight excluding hydrogens is 212 g/mol. The third-order valence-corrected chi connectivity index (χ3v) is 2.39. The van der Waals surface area contributed by atoms with Gasteiger partial charge in [-0.15, -0.1) is 0 Å². The standard InChI is InChI=1S/C10H17ClN4/c1-13-9(6-15(2)3)8-4-7(11)5-14-10(8)12/h4-5,9,13H,6H2,1-3H3,(H2,12,14). The summed E-state index contributed by atoms with van der Waals surface area (Å²) < 4.78 is 0. The highest BCUT2D eigenvalue weighted by Crippen LogP contribution is 2.22. The Kier molecular flexibility index (Phi) is 4.32. The molecule has 1 rings (SSSR count). The number of nitrogens with one attached hydrogen (secondary N) is 1. The molecule has 0 aliphatic heterocycles. The Morgan fingerprint density at radius 3 is 2.80 bits per heavy atom. The van der Waals surface area contributed by atoms with Gasteiger partial charge in [-0.1, -0.05) is 11.6 Å². The van der Waals surface area contributed by atoms with E-state index >= 15 is 0 Å². The van der Waals surface area contributed by atoms with E-state index in [4.69, 9.17) is 17.3 Å². The number of hydrogen-bond acceptors (Lipinski definition) is 4. The first kappa shape index (κ1) is 12.2. The highest BCUT2D eigenvalue weighted by atomic mass is 35.5. The predicted octanol–water partition coefficient (Wildman–Crippen LogP) is 1.14. The number of nitrogens with two attached hydrogens (primary N) is 1. The number of nitrogens with zero attached hydrogens (tertiary/aromatic N) is 2. The van der Waals surface area contributed by atoms with Gasteiger partial charge in [0.15, 0.2) is 0 Å². The Bertz CT molecular complexity index is 327. The molecule has 0 saturated heterocycles. The molecular formula is C10H17ClN4. The monoisotopic (exact) mass is 228 g/mol. The Morgan fingerprint density at radius 1 is 1.60 bits per heavy atom. The van der Waals surface area contributed by atoms with Gasteiger partial charge in [0.25, 0.3) is 0 Å². The largest absolute Gasteiger partial charge is 0.383 e. The van der Waals surface area contributed by atoms with Crippen molar-refractivity contribution in [3.05, 3.63) is 22.8 Å². The molecule has 15 heavy (non-hydrogen) atoms. The number of anilines is 1. The Labute approximate surface area is 95.4 Å². The second kappa shape index (κ2) is 5.30. The van der Waals surface area contributed by atoms with Crippen molar-refractivity contribution in [2.45, 2.75) is 6.04 Å². The molecule has 0 radical (unpaired) electrons. The number of aromatic nitrogens is 1. The van der Waals surface area contributed by atoms with Crippen LogP contribution in [0.3, 0.4) is 0 Å². The van der Waals surface area contributed by atoms with Crippen LogP contribution in [0.5, 0.6) is 0 Å². The van der Waals surface area contributed by atoms with Gasteiger partial charge in [-0.25, -0.2) is 4.98 Å². The summed E-state index contributed by atoms with van der Waals surface area (Å²) >= 11 is 5.89. The van der Waals surface area contributed by atoms with E-state index in [1.165, 1.54) is 0 Å². The number of rotatable bonds is 4. The number of pyridine rings is 1. The third-order valence-electron chi connectivity index (χ3n) is 2.19. The van der Waals surface area contributed by atoms with Gasteiger partial charge in [0.1, 0.15) is 5.82 Å². The van der Waals surface area contributed by atoms with Crippen LogP contribution in [-0.4, -0.2) is 37.6 Å². The van der Waals surface area contributed by atoms with Crippen molar-refractivity contribution < 1.29 is 0 Å². The Hall–Kier alpha value is -0.840. The van der Waals surface area contributed by atoms with E-state index in [2.05, 4.69) is 15.2 Å². The maximum absolute atomic E-state index is 5.89. The number of hydrogen-bond donors (Lipinski definition) is 2. The molecule has 5 heteroatoms. The van der Waals surface area contributed by atoms with Crippen LogP contribution in [0.4, 0.5) is 5.82 Å². The van der Waals surface area contributed by atoms with E-state index in [1.54, 1.807) is 6.20 Å². The quantitative estimate of drug-likeness (QED) is 0.812. The molecule has 0 fully saturated rings. The van der Waals surface area contributed by atoms with Gasteiger partial charge in [-0.3, -0.25) is 0 Å². The molecule has 0 spiro atoms. The molecule has 0 bridgehead atoms. The smallest absolute Gasteiger partial charge is 0.128 e. The predicted molar refractivity (Wildman–Crippen MR) is 64.0 cm³/mol. The van der Waals surface area contributed by atoms with Gasteiger partial charge >= 0.3 is 0 Å². The molecule has 4 nitrogen and oxygen atoms in total. The second-order valence-electron chi connectivity index (χ2n) is 3.73. The highest BCUT2D eigenvalue weighted by molar-refractivity contribution is 6.30. The minimum Gasteiger partial charge on any atom is -0.383 e. The molecule has 1 atom stereocenters. The molecule has 0 amide bonds. The zero-order valence-corrected chi connectivity index (χ0v) is 10.0. The van der Waals surface area contributed by atoms with Crippen molar-refractivity contribution in [2.24, 2.45) is 0 Å². The normalized spacial score (nSPS) is 13.1. The summed E-state index contributed by atoms with van der Waals surface area (Å²) in [5.74, 6) is 0.528. The summed E-state index contributed by atoms with van der Waals surface area (Å²) in [4.78, 5) is 6.13. The van der Waals surface area contributed by atoms with Crippen LogP contribution in [-0.2, 0) is 0 Å². The first-order valence-corrected chi connectivity index (χ1v) is 5.15. The summed E-state index contributed by atoms with van der Waals surface area (Å²) in [6.45, 7) is 0.850. The van der Waals surface area contributed by atoms with Gasteiger partial charge in [0, 0.05) is 24.3 Å². The van der Waals surface area contributed by atoms with E-state index in [-0.39, 0.29) is 6.04 Å². The summed E-state index contributed by atoms with van der Waals surface area (Å²) in [7, 11) is 5.92. The fraction of sp³-hybridized carbons (Fsp3) is 0.500. The van der Waals surface area contributed by atoms with Crippen LogP contribution in [0.15, 0.2) is 12.3 Å². The summed E-state index contributed by atoms with van der Waals surface area (Å²) in [5, 5.41) is 3.81. The van der Waals surface area contributed by atoms with E-state index in [1.807, 2.05) is 27.2 Å². The van der Waals surface area contributed by atoms with Gasteiger partial charge < -0.3 is 16.0 Å². The molecule has 1 unspecified atom stereocenters. The molecule has 0 aliphatic carbocycles. The maximum Gasteiger partial charge on any atom is 0.128 e. The minimum atomic E-state index is 0.145. The minimum absolute atomic E-state index is 0.145.